The average molecular weight is 193 g/mol. The molecule has 0 aliphatic heterocycles. The largest absolute Gasteiger partial charge is 0.493 e. The van der Waals surface area contributed by atoms with Crippen molar-refractivity contribution in [3.8, 4) is 11.5 Å². The van der Waals surface area contributed by atoms with E-state index in [-0.39, 0.29) is 6.42 Å². The van der Waals surface area contributed by atoms with Gasteiger partial charge in [0, 0.05) is 6.42 Å². The molecule has 0 unspecified atom stereocenters. The van der Waals surface area contributed by atoms with Crippen LogP contribution in [0, 0.1) is 0 Å². The third kappa shape index (κ3) is 2.49. The smallest absolute Gasteiger partial charge is 0.203 e. The Morgan fingerprint density at radius 3 is 2.71 bits per heavy atom. The van der Waals surface area contributed by atoms with Crippen LogP contribution in [-0.4, -0.2) is 20.0 Å². The minimum absolute atomic E-state index is 0.282. The summed E-state index contributed by atoms with van der Waals surface area (Å²) in [7, 11) is 1.59. The molecule has 0 amide bonds. The summed E-state index contributed by atoms with van der Waals surface area (Å²) in [5.41, 5.74) is 0.879. The van der Waals surface area contributed by atoms with Crippen molar-refractivity contribution in [2.24, 2.45) is 0 Å². The highest BCUT2D eigenvalue weighted by Crippen LogP contribution is 2.27. The lowest BCUT2D eigenvalue weighted by molar-refractivity contribution is 0.310. The number of rotatable bonds is 5. The normalized spacial score (nSPS) is 9.57. The Balaban J connectivity index is 2.94. The Kier molecular flexibility index (Phi) is 3.98. The van der Waals surface area contributed by atoms with Gasteiger partial charge in [-0.05, 0) is 24.6 Å². The number of hydrogen-bond acceptors (Lipinski definition) is 3. The molecule has 0 saturated heterocycles. The molecule has 1 aromatic rings. The Bertz CT molecular complexity index is 307. The van der Waals surface area contributed by atoms with Gasteiger partial charge in [-0.3, -0.25) is 4.79 Å². The van der Waals surface area contributed by atoms with E-state index in [0.717, 1.165) is 5.56 Å². The molecule has 0 aliphatic rings. The number of ether oxygens (including phenoxy) is 2. The van der Waals surface area contributed by atoms with Crippen LogP contribution in [0.15, 0.2) is 18.2 Å². The van der Waals surface area contributed by atoms with Crippen LogP contribution < -0.4 is 9.47 Å². The first-order chi connectivity index (χ1) is 6.81. The van der Waals surface area contributed by atoms with Crippen LogP contribution in [0.4, 0.5) is 0 Å². The van der Waals surface area contributed by atoms with Crippen molar-refractivity contribution in [3.63, 3.8) is 0 Å². The van der Waals surface area contributed by atoms with Gasteiger partial charge < -0.3 is 9.47 Å². The second kappa shape index (κ2) is 5.27. The quantitative estimate of drug-likeness (QED) is 0.714. The van der Waals surface area contributed by atoms with Crippen LogP contribution in [0.2, 0.25) is 0 Å². The molecule has 0 heterocycles. The van der Waals surface area contributed by atoms with Crippen LogP contribution >= 0.6 is 0 Å². The van der Waals surface area contributed by atoms with Crippen molar-refractivity contribution in [3.05, 3.63) is 23.8 Å². The first kappa shape index (κ1) is 10.6. The van der Waals surface area contributed by atoms with E-state index in [1.807, 2.05) is 19.3 Å². The van der Waals surface area contributed by atoms with Gasteiger partial charge in [0.25, 0.3) is 0 Å². The Morgan fingerprint density at radius 1 is 1.36 bits per heavy atom. The monoisotopic (exact) mass is 193 g/mol. The van der Waals surface area contributed by atoms with E-state index in [1.54, 1.807) is 19.2 Å². The van der Waals surface area contributed by atoms with Crippen LogP contribution in [0.1, 0.15) is 12.5 Å². The van der Waals surface area contributed by atoms with Gasteiger partial charge in [-0.25, -0.2) is 0 Å². The van der Waals surface area contributed by atoms with Crippen molar-refractivity contribution in [1.82, 2.24) is 0 Å². The lowest BCUT2D eigenvalue weighted by atomic mass is 10.1. The molecule has 0 N–H and O–H groups in total. The molecule has 1 aromatic carbocycles. The summed E-state index contributed by atoms with van der Waals surface area (Å²) in [6.45, 7) is 2.47. The first-order valence-corrected chi connectivity index (χ1v) is 4.46. The lowest BCUT2D eigenvalue weighted by Gasteiger charge is -2.09. The summed E-state index contributed by atoms with van der Waals surface area (Å²) in [5, 5.41) is 0. The van der Waals surface area contributed by atoms with Crippen molar-refractivity contribution < 1.29 is 14.3 Å². The van der Waals surface area contributed by atoms with Crippen molar-refractivity contribution >= 4 is 6.29 Å². The molecule has 0 aromatic heterocycles. The SMILES string of the molecule is CCOc1cc(C[C]=O)ccc1OC. The van der Waals surface area contributed by atoms with Gasteiger partial charge in [-0.15, -0.1) is 0 Å². The van der Waals surface area contributed by atoms with E-state index in [4.69, 9.17) is 9.47 Å². The van der Waals surface area contributed by atoms with Gasteiger partial charge >= 0.3 is 0 Å². The van der Waals surface area contributed by atoms with Crippen molar-refractivity contribution in [2.75, 3.05) is 13.7 Å². The fourth-order valence-corrected chi connectivity index (χ4v) is 1.18. The molecule has 75 valence electrons. The fraction of sp³-hybridized carbons (Fsp3) is 0.364. The molecular formula is C11H13O3. The number of benzene rings is 1. The second-order valence-corrected chi connectivity index (χ2v) is 2.74. The van der Waals surface area contributed by atoms with E-state index in [0.29, 0.717) is 18.1 Å². The molecule has 3 heteroatoms. The lowest BCUT2D eigenvalue weighted by Crippen LogP contribution is -1.96. The van der Waals surface area contributed by atoms with E-state index >= 15 is 0 Å². The summed E-state index contributed by atoms with van der Waals surface area (Å²) >= 11 is 0. The van der Waals surface area contributed by atoms with Gasteiger partial charge in [0.15, 0.2) is 11.5 Å². The van der Waals surface area contributed by atoms with Gasteiger partial charge in [-0.2, -0.15) is 0 Å². The third-order valence-corrected chi connectivity index (χ3v) is 1.80. The average Bonchev–Trinajstić information content (AvgIpc) is 2.19. The van der Waals surface area contributed by atoms with Crippen LogP contribution in [-0.2, 0) is 11.2 Å². The molecule has 1 radical (unpaired) electrons. The number of methoxy groups -OCH3 is 1. The van der Waals surface area contributed by atoms with Gasteiger partial charge in [0.1, 0.15) is 0 Å². The van der Waals surface area contributed by atoms with E-state index < -0.39 is 0 Å². The molecule has 3 nitrogen and oxygen atoms in total. The highest BCUT2D eigenvalue weighted by molar-refractivity contribution is 5.57. The maximum atomic E-state index is 10.2. The van der Waals surface area contributed by atoms with Crippen LogP contribution in [0.5, 0.6) is 11.5 Å². The van der Waals surface area contributed by atoms with E-state index in [1.165, 1.54) is 0 Å². The summed E-state index contributed by atoms with van der Waals surface area (Å²) in [6.07, 6.45) is 2.13. The Labute approximate surface area is 83.6 Å². The highest BCUT2D eigenvalue weighted by atomic mass is 16.5. The zero-order chi connectivity index (χ0) is 10.4. The summed E-state index contributed by atoms with van der Waals surface area (Å²) in [4.78, 5) is 10.2. The summed E-state index contributed by atoms with van der Waals surface area (Å²) < 4.78 is 10.5. The zero-order valence-corrected chi connectivity index (χ0v) is 8.37. The molecule has 14 heavy (non-hydrogen) atoms. The molecule has 0 aliphatic carbocycles. The molecular weight excluding hydrogens is 180 g/mol. The van der Waals surface area contributed by atoms with Gasteiger partial charge in [0.05, 0.1) is 13.7 Å². The molecule has 0 atom stereocenters. The molecule has 0 spiro atoms. The summed E-state index contributed by atoms with van der Waals surface area (Å²) in [5.74, 6) is 1.35. The fourth-order valence-electron chi connectivity index (χ4n) is 1.18. The molecule has 0 bridgehead atoms. The molecule has 0 fully saturated rings. The predicted molar refractivity (Wildman–Crippen MR) is 53.6 cm³/mol. The standard InChI is InChI=1S/C11H13O3/c1-3-14-11-8-9(6-7-12)4-5-10(11)13-2/h4-5,8H,3,6H2,1-2H3. The summed E-state index contributed by atoms with van der Waals surface area (Å²) in [6, 6.07) is 5.41. The molecule has 1 rings (SSSR count). The minimum atomic E-state index is 0.282. The Hall–Kier alpha value is -1.51. The maximum absolute atomic E-state index is 10.2. The van der Waals surface area contributed by atoms with Crippen LogP contribution in [0.3, 0.4) is 0 Å². The van der Waals surface area contributed by atoms with Gasteiger partial charge in [-0.1, -0.05) is 6.07 Å². The second-order valence-electron chi connectivity index (χ2n) is 2.74. The third-order valence-electron chi connectivity index (χ3n) is 1.80. The Morgan fingerprint density at radius 2 is 2.14 bits per heavy atom. The number of carbonyl (C=O) groups excluding carboxylic acids is 1. The van der Waals surface area contributed by atoms with Crippen LogP contribution in [0.25, 0.3) is 0 Å². The van der Waals surface area contributed by atoms with E-state index in [9.17, 15) is 4.79 Å². The van der Waals surface area contributed by atoms with Crippen molar-refractivity contribution in [2.45, 2.75) is 13.3 Å². The van der Waals surface area contributed by atoms with Gasteiger partial charge in [0.2, 0.25) is 6.29 Å². The first-order valence-electron chi connectivity index (χ1n) is 4.46. The van der Waals surface area contributed by atoms with Crippen molar-refractivity contribution in [1.29, 1.82) is 0 Å². The topological polar surface area (TPSA) is 35.5 Å². The predicted octanol–water partition coefficient (Wildman–Crippen LogP) is 1.75. The molecule has 0 saturated carbocycles. The minimum Gasteiger partial charge on any atom is -0.493 e. The van der Waals surface area contributed by atoms with E-state index in [2.05, 4.69) is 0 Å². The number of hydrogen-bond donors (Lipinski definition) is 0. The maximum Gasteiger partial charge on any atom is 0.203 e. The highest BCUT2D eigenvalue weighted by Gasteiger charge is 2.04. The zero-order valence-electron chi connectivity index (χ0n) is 8.37.